The van der Waals surface area contributed by atoms with Crippen LogP contribution in [0.15, 0.2) is 73.2 Å². The van der Waals surface area contributed by atoms with Gasteiger partial charge in [0.05, 0.1) is 17.2 Å². The SMILES string of the molecule is C=C1Cc2cc(-c3nc4ccncc4n3-c3ccc(F)cc3)ccc2N1. The van der Waals surface area contributed by atoms with Gasteiger partial charge in [0.15, 0.2) is 0 Å². The van der Waals surface area contributed by atoms with Gasteiger partial charge in [0.1, 0.15) is 11.6 Å². The molecule has 0 saturated carbocycles. The number of imidazole rings is 1. The summed E-state index contributed by atoms with van der Waals surface area (Å²) in [6.07, 6.45) is 4.32. The maximum absolute atomic E-state index is 13.4. The molecule has 1 N–H and O–H groups in total. The first-order chi connectivity index (χ1) is 12.7. The normalized spacial score (nSPS) is 13.0. The highest BCUT2D eigenvalue weighted by molar-refractivity contribution is 5.83. The molecule has 2 aromatic carbocycles. The van der Waals surface area contributed by atoms with Crippen LogP contribution in [0.2, 0.25) is 0 Å². The molecule has 0 aliphatic carbocycles. The molecule has 0 radical (unpaired) electrons. The van der Waals surface area contributed by atoms with Crippen molar-refractivity contribution in [3.05, 3.63) is 84.6 Å². The molecule has 0 atom stereocenters. The Morgan fingerprint density at radius 1 is 1.08 bits per heavy atom. The number of nitrogens with zero attached hydrogens (tertiary/aromatic N) is 3. The van der Waals surface area contributed by atoms with Gasteiger partial charge in [0, 0.05) is 35.3 Å². The third-order valence-electron chi connectivity index (χ3n) is 4.62. The van der Waals surface area contributed by atoms with Crippen molar-refractivity contribution in [1.82, 2.24) is 14.5 Å². The Hall–Kier alpha value is -3.47. The molecule has 2 aromatic heterocycles. The number of anilines is 1. The van der Waals surface area contributed by atoms with Gasteiger partial charge in [-0.1, -0.05) is 6.58 Å². The first-order valence-corrected chi connectivity index (χ1v) is 8.35. The van der Waals surface area contributed by atoms with Crippen molar-refractivity contribution in [2.45, 2.75) is 6.42 Å². The van der Waals surface area contributed by atoms with Crippen LogP contribution in [-0.4, -0.2) is 14.5 Å². The monoisotopic (exact) mass is 342 g/mol. The Morgan fingerprint density at radius 2 is 1.92 bits per heavy atom. The number of halogens is 1. The molecule has 4 aromatic rings. The summed E-state index contributed by atoms with van der Waals surface area (Å²) in [6, 6.07) is 14.5. The first-order valence-electron chi connectivity index (χ1n) is 8.35. The minimum absolute atomic E-state index is 0.264. The summed E-state index contributed by atoms with van der Waals surface area (Å²) >= 11 is 0. The summed E-state index contributed by atoms with van der Waals surface area (Å²) < 4.78 is 15.4. The van der Waals surface area contributed by atoms with Gasteiger partial charge in [0.25, 0.3) is 0 Å². The zero-order chi connectivity index (χ0) is 17.7. The molecule has 0 fully saturated rings. The van der Waals surface area contributed by atoms with E-state index in [-0.39, 0.29) is 5.82 Å². The number of benzene rings is 2. The number of nitrogens with one attached hydrogen (secondary N) is 1. The van der Waals surface area contributed by atoms with Gasteiger partial charge >= 0.3 is 0 Å². The van der Waals surface area contributed by atoms with Gasteiger partial charge in [-0.25, -0.2) is 9.37 Å². The van der Waals surface area contributed by atoms with Crippen molar-refractivity contribution in [2.24, 2.45) is 0 Å². The number of allylic oxidation sites excluding steroid dienone is 1. The number of fused-ring (bicyclic) bond motifs is 2. The Balaban J connectivity index is 1.76. The maximum atomic E-state index is 13.4. The lowest BCUT2D eigenvalue weighted by Crippen LogP contribution is -1.98. The third-order valence-corrected chi connectivity index (χ3v) is 4.62. The summed E-state index contributed by atoms with van der Waals surface area (Å²) in [4.78, 5) is 9.05. The van der Waals surface area contributed by atoms with Crippen LogP contribution in [0.3, 0.4) is 0 Å². The molecule has 3 heterocycles. The molecule has 1 aliphatic rings. The van der Waals surface area contributed by atoms with E-state index in [1.54, 1.807) is 24.5 Å². The second-order valence-electron chi connectivity index (χ2n) is 6.39. The fourth-order valence-corrected chi connectivity index (χ4v) is 3.43. The van der Waals surface area contributed by atoms with E-state index in [4.69, 9.17) is 4.98 Å². The van der Waals surface area contributed by atoms with E-state index in [0.717, 1.165) is 45.9 Å². The highest BCUT2D eigenvalue weighted by atomic mass is 19.1. The average Bonchev–Trinajstić information content (AvgIpc) is 3.21. The second-order valence-corrected chi connectivity index (χ2v) is 6.39. The van der Waals surface area contributed by atoms with Gasteiger partial charge in [-0.2, -0.15) is 0 Å². The van der Waals surface area contributed by atoms with Crippen LogP contribution >= 0.6 is 0 Å². The molecule has 0 amide bonds. The number of hydrogen-bond acceptors (Lipinski definition) is 3. The molecule has 26 heavy (non-hydrogen) atoms. The molecule has 126 valence electrons. The zero-order valence-electron chi connectivity index (χ0n) is 13.9. The van der Waals surface area contributed by atoms with Crippen molar-refractivity contribution in [1.29, 1.82) is 0 Å². The van der Waals surface area contributed by atoms with E-state index >= 15 is 0 Å². The van der Waals surface area contributed by atoms with Crippen molar-refractivity contribution < 1.29 is 4.39 Å². The topological polar surface area (TPSA) is 42.7 Å². The summed E-state index contributed by atoms with van der Waals surface area (Å²) in [5.74, 6) is 0.542. The van der Waals surface area contributed by atoms with Crippen LogP contribution in [0.5, 0.6) is 0 Å². The van der Waals surface area contributed by atoms with Gasteiger partial charge in [-0.15, -0.1) is 0 Å². The van der Waals surface area contributed by atoms with Crippen LogP contribution in [0.25, 0.3) is 28.1 Å². The smallest absolute Gasteiger partial charge is 0.145 e. The van der Waals surface area contributed by atoms with E-state index in [1.165, 1.54) is 17.7 Å². The lowest BCUT2D eigenvalue weighted by atomic mass is 10.1. The minimum atomic E-state index is -0.264. The van der Waals surface area contributed by atoms with E-state index < -0.39 is 0 Å². The third kappa shape index (κ3) is 2.29. The van der Waals surface area contributed by atoms with E-state index in [1.807, 2.05) is 16.7 Å². The summed E-state index contributed by atoms with van der Waals surface area (Å²) in [6.45, 7) is 4.00. The Kier molecular flexibility index (Phi) is 3.15. The zero-order valence-corrected chi connectivity index (χ0v) is 13.9. The van der Waals surface area contributed by atoms with Crippen LogP contribution < -0.4 is 5.32 Å². The van der Waals surface area contributed by atoms with Crippen LogP contribution in [0.4, 0.5) is 10.1 Å². The number of aromatic nitrogens is 3. The van der Waals surface area contributed by atoms with Gasteiger partial charge in [0.2, 0.25) is 0 Å². The van der Waals surface area contributed by atoms with Gasteiger partial charge in [-0.3, -0.25) is 9.55 Å². The molecule has 0 bridgehead atoms. The lowest BCUT2D eigenvalue weighted by Gasteiger charge is -2.10. The highest BCUT2D eigenvalue weighted by Gasteiger charge is 2.18. The number of hydrogen-bond donors (Lipinski definition) is 1. The van der Waals surface area contributed by atoms with E-state index in [9.17, 15) is 4.39 Å². The molecule has 5 rings (SSSR count). The molecular weight excluding hydrogens is 327 g/mol. The van der Waals surface area contributed by atoms with Crippen molar-refractivity contribution >= 4 is 16.7 Å². The highest BCUT2D eigenvalue weighted by Crippen LogP contribution is 2.34. The first kappa shape index (κ1) is 14.8. The fourth-order valence-electron chi connectivity index (χ4n) is 3.43. The molecule has 4 nitrogen and oxygen atoms in total. The molecule has 5 heteroatoms. The van der Waals surface area contributed by atoms with Crippen LogP contribution in [-0.2, 0) is 6.42 Å². The van der Waals surface area contributed by atoms with Crippen molar-refractivity contribution in [3.8, 4) is 17.1 Å². The van der Waals surface area contributed by atoms with Gasteiger partial charge in [-0.05, 0) is 54.1 Å². The summed E-state index contributed by atoms with van der Waals surface area (Å²) in [5.41, 5.74) is 6.86. The quantitative estimate of drug-likeness (QED) is 0.574. The maximum Gasteiger partial charge on any atom is 0.145 e. The van der Waals surface area contributed by atoms with E-state index in [0.29, 0.717) is 0 Å². The van der Waals surface area contributed by atoms with Crippen molar-refractivity contribution in [3.63, 3.8) is 0 Å². The van der Waals surface area contributed by atoms with E-state index in [2.05, 4.69) is 29.0 Å². The van der Waals surface area contributed by atoms with Gasteiger partial charge < -0.3 is 5.32 Å². The average molecular weight is 342 g/mol. The van der Waals surface area contributed by atoms with Crippen LogP contribution in [0, 0.1) is 5.82 Å². The number of rotatable bonds is 2. The molecule has 0 saturated heterocycles. The fraction of sp³-hybridized carbons (Fsp3) is 0.0476. The standard InChI is InChI=1S/C21H15FN4/c1-13-10-15-11-14(2-7-18(15)24-13)21-25-19-8-9-23-12-20(19)26(21)17-5-3-16(22)4-6-17/h2-9,11-12,24H,1,10H2. The summed E-state index contributed by atoms with van der Waals surface area (Å²) in [7, 11) is 0. The van der Waals surface area contributed by atoms with Crippen molar-refractivity contribution in [2.75, 3.05) is 5.32 Å². The number of pyridine rings is 1. The van der Waals surface area contributed by atoms with Crippen LogP contribution in [0.1, 0.15) is 5.56 Å². The molecule has 0 unspecified atom stereocenters. The Morgan fingerprint density at radius 3 is 2.77 bits per heavy atom. The Bertz CT molecular complexity index is 1160. The predicted molar refractivity (Wildman–Crippen MR) is 101 cm³/mol. The lowest BCUT2D eigenvalue weighted by molar-refractivity contribution is 0.627. The Labute approximate surface area is 149 Å². The molecule has 0 spiro atoms. The predicted octanol–water partition coefficient (Wildman–Crippen LogP) is 4.71. The minimum Gasteiger partial charge on any atom is -0.359 e. The molecular formula is C21H15FN4. The second kappa shape index (κ2) is 5.52. The summed E-state index contributed by atoms with van der Waals surface area (Å²) in [5, 5.41) is 3.28. The largest absolute Gasteiger partial charge is 0.359 e. The molecule has 1 aliphatic heterocycles.